The normalized spacial score (nSPS) is 12.1. The maximum Gasteiger partial charge on any atom is 0.242 e. The molecule has 0 fully saturated rings. The number of likely N-dealkylation sites (N-methyl/N-ethyl adjacent to an activating group) is 1. The van der Waals surface area contributed by atoms with Crippen LogP contribution in [0, 0.1) is 0 Å². The van der Waals surface area contributed by atoms with Crippen LogP contribution in [0.3, 0.4) is 0 Å². The predicted molar refractivity (Wildman–Crippen MR) is 140 cm³/mol. The SMILES string of the molecule is CC[C@@H](C(=O)NC)N(Cc1ccc(OC)cc1)C(=O)CCCN(c1cc(Cl)ccc1Cl)S(C)(=O)=O. The van der Waals surface area contributed by atoms with Crippen molar-refractivity contribution in [1.82, 2.24) is 10.2 Å². The van der Waals surface area contributed by atoms with E-state index in [1.165, 1.54) is 24.1 Å². The average molecular weight is 545 g/mol. The molecule has 2 aromatic carbocycles. The highest BCUT2D eigenvalue weighted by molar-refractivity contribution is 7.92. The smallest absolute Gasteiger partial charge is 0.242 e. The van der Waals surface area contributed by atoms with E-state index in [0.717, 1.165) is 16.1 Å². The van der Waals surface area contributed by atoms with E-state index in [-0.39, 0.29) is 48.5 Å². The number of carbonyl (C=O) groups excluding carboxylic acids is 2. The third-order valence-electron chi connectivity index (χ3n) is 5.47. The summed E-state index contributed by atoms with van der Waals surface area (Å²) in [6.07, 6.45) is 1.75. The zero-order valence-electron chi connectivity index (χ0n) is 20.3. The molecular weight excluding hydrogens is 513 g/mol. The summed E-state index contributed by atoms with van der Waals surface area (Å²) < 4.78 is 31.2. The molecule has 192 valence electrons. The molecule has 2 amide bonds. The van der Waals surface area contributed by atoms with Gasteiger partial charge in [0.05, 0.1) is 24.1 Å². The summed E-state index contributed by atoms with van der Waals surface area (Å²) in [7, 11) is -0.583. The predicted octanol–water partition coefficient (Wildman–Crippen LogP) is 4.10. The van der Waals surface area contributed by atoms with Crippen molar-refractivity contribution in [3.05, 3.63) is 58.1 Å². The molecule has 1 N–H and O–H groups in total. The van der Waals surface area contributed by atoms with E-state index in [4.69, 9.17) is 27.9 Å². The van der Waals surface area contributed by atoms with Crippen molar-refractivity contribution in [2.75, 3.05) is 31.3 Å². The van der Waals surface area contributed by atoms with Crippen LogP contribution in [-0.4, -0.2) is 58.1 Å². The number of benzene rings is 2. The van der Waals surface area contributed by atoms with Crippen LogP contribution in [0.25, 0.3) is 0 Å². The number of nitrogens with one attached hydrogen (secondary N) is 1. The van der Waals surface area contributed by atoms with Crippen LogP contribution in [0.1, 0.15) is 31.7 Å². The molecule has 0 heterocycles. The van der Waals surface area contributed by atoms with Crippen molar-refractivity contribution in [2.45, 2.75) is 38.8 Å². The van der Waals surface area contributed by atoms with E-state index in [9.17, 15) is 18.0 Å². The number of carbonyl (C=O) groups is 2. The molecule has 0 aliphatic rings. The Morgan fingerprint density at radius 3 is 2.31 bits per heavy atom. The third-order valence-corrected chi connectivity index (χ3v) is 7.21. The Hall–Kier alpha value is -2.49. The lowest BCUT2D eigenvalue weighted by molar-refractivity contribution is -0.141. The van der Waals surface area contributed by atoms with Gasteiger partial charge in [0, 0.05) is 31.6 Å². The molecule has 0 saturated carbocycles. The zero-order valence-corrected chi connectivity index (χ0v) is 22.6. The number of anilines is 1. The molecule has 0 aromatic heterocycles. The van der Waals surface area contributed by atoms with Crippen molar-refractivity contribution in [3.8, 4) is 5.75 Å². The second-order valence-corrected chi connectivity index (χ2v) is 10.7. The van der Waals surface area contributed by atoms with E-state index >= 15 is 0 Å². The van der Waals surface area contributed by atoms with Crippen LogP contribution in [0.5, 0.6) is 5.75 Å². The molecule has 1 atom stereocenters. The lowest BCUT2D eigenvalue weighted by Gasteiger charge is -2.31. The number of sulfonamides is 1. The van der Waals surface area contributed by atoms with Gasteiger partial charge in [-0.1, -0.05) is 42.3 Å². The lowest BCUT2D eigenvalue weighted by atomic mass is 10.1. The summed E-state index contributed by atoms with van der Waals surface area (Å²) in [5, 5.41) is 3.19. The summed E-state index contributed by atoms with van der Waals surface area (Å²) in [4.78, 5) is 27.3. The van der Waals surface area contributed by atoms with Crippen molar-refractivity contribution in [3.63, 3.8) is 0 Å². The van der Waals surface area contributed by atoms with Gasteiger partial charge in [0.2, 0.25) is 21.8 Å². The van der Waals surface area contributed by atoms with Crippen LogP contribution in [-0.2, 0) is 26.2 Å². The highest BCUT2D eigenvalue weighted by atomic mass is 35.5. The minimum absolute atomic E-state index is 0.0256. The Bertz CT molecular complexity index is 1130. The Kier molecular flexibility index (Phi) is 10.7. The minimum atomic E-state index is -3.68. The fourth-order valence-corrected chi connectivity index (χ4v) is 5.08. The maximum atomic E-state index is 13.3. The molecule has 11 heteroatoms. The van der Waals surface area contributed by atoms with Gasteiger partial charge in [-0.3, -0.25) is 13.9 Å². The molecule has 8 nitrogen and oxygen atoms in total. The van der Waals surface area contributed by atoms with Crippen LogP contribution in [0.15, 0.2) is 42.5 Å². The van der Waals surface area contributed by atoms with Crippen molar-refractivity contribution in [1.29, 1.82) is 0 Å². The minimum Gasteiger partial charge on any atom is -0.497 e. The van der Waals surface area contributed by atoms with Gasteiger partial charge in [0.15, 0.2) is 0 Å². The molecular formula is C24H31Cl2N3O5S. The largest absolute Gasteiger partial charge is 0.497 e. The van der Waals surface area contributed by atoms with Crippen LogP contribution < -0.4 is 14.4 Å². The summed E-state index contributed by atoms with van der Waals surface area (Å²) in [5.74, 6) is 0.158. The van der Waals surface area contributed by atoms with Gasteiger partial charge in [-0.05, 0) is 48.7 Å². The Labute approximate surface area is 217 Å². The molecule has 2 rings (SSSR count). The van der Waals surface area contributed by atoms with Crippen LogP contribution in [0.4, 0.5) is 5.69 Å². The number of rotatable bonds is 12. The number of halogens is 2. The summed E-state index contributed by atoms with van der Waals surface area (Å²) in [5.41, 5.74) is 1.09. The van der Waals surface area contributed by atoms with Gasteiger partial charge in [-0.25, -0.2) is 8.42 Å². The first-order valence-electron chi connectivity index (χ1n) is 11.1. The Morgan fingerprint density at radius 2 is 1.77 bits per heavy atom. The molecule has 0 unspecified atom stereocenters. The maximum absolute atomic E-state index is 13.3. The van der Waals surface area contributed by atoms with Gasteiger partial charge < -0.3 is 15.0 Å². The molecule has 0 saturated heterocycles. The molecule has 2 aromatic rings. The zero-order chi connectivity index (χ0) is 26.2. The Balaban J connectivity index is 2.22. The van der Waals surface area contributed by atoms with E-state index in [2.05, 4.69) is 5.32 Å². The number of hydrogen-bond acceptors (Lipinski definition) is 5. The number of amides is 2. The second kappa shape index (κ2) is 13.0. The van der Waals surface area contributed by atoms with E-state index in [1.54, 1.807) is 25.3 Å². The van der Waals surface area contributed by atoms with E-state index in [1.807, 2.05) is 19.1 Å². The highest BCUT2D eigenvalue weighted by Crippen LogP contribution is 2.31. The number of ether oxygens (including phenoxy) is 1. The molecule has 35 heavy (non-hydrogen) atoms. The van der Waals surface area contributed by atoms with E-state index < -0.39 is 16.1 Å². The average Bonchev–Trinajstić information content (AvgIpc) is 2.82. The van der Waals surface area contributed by atoms with Gasteiger partial charge >= 0.3 is 0 Å². The second-order valence-electron chi connectivity index (χ2n) is 7.94. The van der Waals surface area contributed by atoms with Crippen molar-refractivity contribution in [2.24, 2.45) is 0 Å². The quantitative estimate of drug-likeness (QED) is 0.434. The number of methoxy groups -OCH3 is 1. The monoisotopic (exact) mass is 543 g/mol. The number of hydrogen-bond donors (Lipinski definition) is 1. The Morgan fingerprint density at radius 1 is 1.11 bits per heavy atom. The van der Waals surface area contributed by atoms with Crippen molar-refractivity contribution >= 4 is 50.7 Å². The first-order valence-corrected chi connectivity index (χ1v) is 13.7. The van der Waals surface area contributed by atoms with Crippen LogP contribution >= 0.6 is 23.2 Å². The number of nitrogens with zero attached hydrogens (tertiary/aromatic N) is 2. The third kappa shape index (κ3) is 8.02. The molecule has 0 radical (unpaired) electrons. The van der Waals surface area contributed by atoms with Crippen molar-refractivity contribution < 1.29 is 22.7 Å². The fraction of sp³-hybridized carbons (Fsp3) is 0.417. The summed E-state index contributed by atoms with van der Waals surface area (Å²) >= 11 is 12.3. The lowest BCUT2D eigenvalue weighted by Crippen LogP contribution is -2.48. The first-order chi connectivity index (χ1) is 16.5. The molecule has 0 spiro atoms. The standard InChI is InChI=1S/C24H31Cl2N3O5S/c1-5-21(24(31)27-2)28(16-17-8-11-19(34-3)12-9-17)23(30)7-6-14-29(35(4,32)33)22-15-18(25)10-13-20(22)26/h8-13,15,21H,5-7,14,16H2,1-4H3,(H,27,31)/t21-/m0/s1. The molecule has 0 aliphatic heterocycles. The van der Waals surface area contributed by atoms with Gasteiger partial charge in [-0.2, -0.15) is 0 Å². The van der Waals surface area contributed by atoms with E-state index in [0.29, 0.717) is 17.2 Å². The van der Waals surface area contributed by atoms with Gasteiger partial charge in [0.1, 0.15) is 11.8 Å². The molecule has 0 aliphatic carbocycles. The van der Waals surface area contributed by atoms with Gasteiger partial charge in [0.25, 0.3) is 0 Å². The highest BCUT2D eigenvalue weighted by Gasteiger charge is 2.28. The summed E-state index contributed by atoms with van der Waals surface area (Å²) in [6, 6.07) is 11.1. The summed E-state index contributed by atoms with van der Waals surface area (Å²) in [6.45, 7) is 2.09. The topological polar surface area (TPSA) is 96.0 Å². The molecule has 0 bridgehead atoms. The first kappa shape index (κ1) is 28.7. The fourth-order valence-electron chi connectivity index (χ4n) is 3.67. The van der Waals surface area contributed by atoms with Crippen LogP contribution in [0.2, 0.25) is 10.0 Å². The van der Waals surface area contributed by atoms with Gasteiger partial charge in [-0.15, -0.1) is 0 Å².